The molecule has 0 fully saturated rings. The molecule has 1 aromatic carbocycles. The molecular formula is C23H27F2N3O4. The zero-order valence-electron chi connectivity index (χ0n) is 18.6. The van der Waals surface area contributed by atoms with Crippen molar-refractivity contribution < 1.29 is 23.1 Å². The van der Waals surface area contributed by atoms with Gasteiger partial charge in [-0.25, -0.2) is 8.78 Å². The van der Waals surface area contributed by atoms with E-state index in [1.54, 1.807) is 9.47 Å². The second-order valence-electron chi connectivity index (χ2n) is 7.36. The van der Waals surface area contributed by atoms with Crippen molar-refractivity contribution in [2.75, 3.05) is 20.2 Å². The standard InChI is InChI=1S/C21H21F2N3O4.C2H6/c1-3-25-10-13-6-7-15-16(18(27)19(30-2)17(21(25)29)26(13)15)20(28)24-9-11-4-5-12(22)8-14(11)23;1-2/h4-5,8,13H,3,6-7,9-10H2,1-2H3,(H,24,28);1-2H3. The molecule has 1 atom stereocenters. The van der Waals surface area contributed by atoms with E-state index in [-0.39, 0.29) is 41.1 Å². The predicted octanol–water partition coefficient (Wildman–Crippen LogP) is 3.05. The molecule has 7 nitrogen and oxygen atoms in total. The summed E-state index contributed by atoms with van der Waals surface area (Å²) in [5, 5.41) is 2.53. The van der Waals surface area contributed by atoms with E-state index >= 15 is 0 Å². The highest BCUT2D eigenvalue weighted by Gasteiger charge is 2.41. The van der Waals surface area contributed by atoms with Crippen LogP contribution in [0.2, 0.25) is 0 Å². The first-order chi connectivity index (χ1) is 15.4. The summed E-state index contributed by atoms with van der Waals surface area (Å²) in [6, 6.07) is 3.02. The van der Waals surface area contributed by atoms with E-state index in [9.17, 15) is 23.2 Å². The maximum absolute atomic E-state index is 13.9. The molecule has 0 aliphatic carbocycles. The second-order valence-corrected chi connectivity index (χ2v) is 7.36. The van der Waals surface area contributed by atoms with Gasteiger partial charge in [0.2, 0.25) is 5.43 Å². The van der Waals surface area contributed by atoms with E-state index in [2.05, 4.69) is 5.32 Å². The Hall–Kier alpha value is -3.23. The predicted molar refractivity (Wildman–Crippen MR) is 115 cm³/mol. The quantitative estimate of drug-likeness (QED) is 0.764. The zero-order chi connectivity index (χ0) is 23.6. The number of nitrogens with zero attached hydrogens (tertiary/aromatic N) is 2. The third-order valence-electron chi connectivity index (χ3n) is 5.74. The fourth-order valence-corrected chi connectivity index (χ4v) is 4.28. The van der Waals surface area contributed by atoms with Gasteiger partial charge in [-0.1, -0.05) is 19.9 Å². The number of carbonyl (C=O) groups excluding carboxylic acids is 2. The van der Waals surface area contributed by atoms with Gasteiger partial charge in [0.1, 0.15) is 17.2 Å². The van der Waals surface area contributed by atoms with Crippen LogP contribution < -0.4 is 15.5 Å². The lowest BCUT2D eigenvalue weighted by atomic mass is 10.1. The molecule has 1 unspecified atom stereocenters. The Balaban J connectivity index is 0.00000141. The molecule has 0 saturated heterocycles. The summed E-state index contributed by atoms with van der Waals surface area (Å²) in [5.41, 5.74) is -0.00444. The van der Waals surface area contributed by atoms with Crippen molar-refractivity contribution in [1.82, 2.24) is 14.8 Å². The van der Waals surface area contributed by atoms with Gasteiger partial charge < -0.3 is 19.5 Å². The first kappa shape index (κ1) is 23.4. The molecule has 0 radical (unpaired) electrons. The van der Waals surface area contributed by atoms with Crippen LogP contribution in [0.3, 0.4) is 0 Å². The number of hydrogen-bond acceptors (Lipinski definition) is 4. The van der Waals surface area contributed by atoms with Crippen LogP contribution in [-0.4, -0.2) is 41.5 Å². The van der Waals surface area contributed by atoms with Gasteiger partial charge in [-0.3, -0.25) is 14.4 Å². The van der Waals surface area contributed by atoms with Gasteiger partial charge in [-0.05, 0) is 25.8 Å². The summed E-state index contributed by atoms with van der Waals surface area (Å²) in [6.45, 7) is 6.67. The zero-order valence-corrected chi connectivity index (χ0v) is 18.6. The Morgan fingerprint density at radius 1 is 1.25 bits per heavy atom. The average Bonchev–Trinajstić information content (AvgIpc) is 3.20. The number of pyridine rings is 1. The van der Waals surface area contributed by atoms with Gasteiger partial charge in [0, 0.05) is 37.0 Å². The summed E-state index contributed by atoms with van der Waals surface area (Å²) in [7, 11) is 1.29. The van der Waals surface area contributed by atoms with Crippen LogP contribution in [0.25, 0.3) is 0 Å². The number of aromatic nitrogens is 1. The fraction of sp³-hybridized carbons (Fsp3) is 0.435. The molecule has 2 amide bonds. The SMILES string of the molecule is CC.CCN1CC2CCc3c(C(=O)NCc4ccc(F)cc4F)c(=O)c(OC)c(n32)C1=O. The molecule has 0 spiro atoms. The van der Waals surface area contributed by atoms with E-state index in [0.29, 0.717) is 31.6 Å². The normalized spacial score (nSPS) is 16.2. The number of likely N-dealkylation sites (N-methyl/N-ethyl adjacent to an activating group) is 1. The Morgan fingerprint density at radius 3 is 2.59 bits per heavy atom. The topological polar surface area (TPSA) is 80.6 Å². The van der Waals surface area contributed by atoms with Crippen LogP contribution in [0.4, 0.5) is 8.78 Å². The molecule has 1 N–H and O–H groups in total. The first-order valence-corrected chi connectivity index (χ1v) is 10.7. The number of halogens is 2. The van der Waals surface area contributed by atoms with E-state index in [0.717, 1.165) is 12.1 Å². The van der Waals surface area contributed by atoms with Crippen molar-refractivity contribution in [3.8, 4) is 5.75 Å². The van der Waals surface area contributed by atoms with Crippen LogP contribution in [0.1, 0.15) is 65.3 Å². The molecular weight excluding hydrogens is 420 g/mol. The van der Waals surface area contributed by atoms with Crippen molar-refractivity contribution in [3.05, 3.63) is 62.6 Å². The third-order valence-corrected chi connectivity index (χ3v) is 5.74. The summed E-state index contributed by atoms with van der Waals surface area (Å²) in [6.07, 6.45) is 1.16. The van der Waals surface area contributed by atoms with Crippen molar-refractivity contribution in [2.24, 2.45) is 0 Å². The molecule has 2 aliphatic heterocycles. The molecule has 9 heteroatoms. The van der Waals surface area contributed by atoms with Gasteiger partial charge in [-0.15, -0.1) is 0 Å². The smallest absolute Gasteiger partial charge is 0.274 e. The monoisotopic (exact) mass is 447 g/mol. The molecule has 1 aromatic heterocycles. The largest absolute Gasteiger partial charge is 0.491 e. The lowest BCUT2D eigenvalue weighted by Crippen LogP contribution is -2.44. The summed E-state index contributed by atoms with van der Waals surface area (Å²) < 4.78 is 34.0. The molecule has 2 aromatic rings. The molecule has 0 saturated carbocycles. The van der Waals surface area contributed by atoms with Crippen molar-refractivity contribution in [3.63, 3.8) is 0 Å². The Bertz CT molecular complexity index is 1110. The van der Waals surface area contributed by atoms with Crippen LogP contribution in [0, 0.1) is 11.6 Å². The molecule has 32 heavy (non-hydrogen) atoms. The molecule has 172 valence electrons. The van der Waals surface area contributed by atoms with Gasteiger partial charge in [-0.2, -0.15) is 0 Å². The average molecular weight is 447 g/mol. The second kappa shape index (κ2) is 9.50. The molecule has 2 aliphatic rings. The summed E-state index contributed by atoms with van der Waals surface area (Å²) >= 11 is 0. The highest BCUT2D eigenvalue weighted by atomic mass is 19.1. The highest BCUT2D eigenvalue weighted by molar-refractivity contribution is 6.00. The Kier molecular flexibility index (Phi) is 6.96. The molecule has 3 heterocycles. The molecule has 0 bridgehead atoms. The number of carbonyl (C=O) groups is 2. The third kappa shape index (κ3) is 3.87. The van der Waals surface area contributed by atoms with Crippen LogP contribution in [0.15, 0.2) is 23.0 Å². The lowest BCUT2D eigenvalue weighted by molar-refractivity contribution is 0.0675. The van der Waals surface area contributed by atoms with E-state index in [4.69, 9.17) is 4.74 Å². The van der Waals surface area contributed by atoms with Crippen molar-refractivity contribution in [1.29, 1.82) is 0 Å². The summed E-state index contributed by atoms with van der Waals surface area (Å²) in [5.74, 6) is -2.65. The molecule has 4 rings (SSSR count). The van der Waals surface area contributed by atoms with E-state index in [1.807, 2.05) is 20.8 Å². The minimum absolute atomic E-state index is 0.0387. The van der Waals surface area contributed by atoms with Crippen LogP contribution >= 0.6 is 0 Å². The minimum Gasteiger partial charge on any atom is -0.491 e. The number of benzene rings is 1. The number of rotatable bonds is 5. The van der Waals surface area contributed by atoms with Crippen LogP contribution in [-0.2, 0) is 13.0 Å². The number of hydrogen-bond donors (Lipinski definition) is 1. The van der Waals surface area contributed by atoms with Gasteiger partial charge >= 0.3 is 0 Å². The number of ether oxygens (including phenoxy) is 1. The first-order valence-electron chi connectivity index (χ1n) is 10.7. The maximum atomic E-state index is 13.9. The maximum Gasteiger partial charge on any atom is 0.274 e. The number of nitrogens with one attached hydrogen (secondary N) is 1. The van der Waals surface area contributed by atoms with E-state index < -0.39 is 23.0 Å². The number of amides is 2. The van der Waals surface area contributed by atoms with Crippen molar-refractivity contribution in [2.45, 2.75) is 46.2 Å². The highest BCUT2D eigenvalue weighted by Crippen LogP contribution is 2.37. The Labute approximate surface area is 185 Å². The van der Waals surface area contributed by atoms with Gasteiger partial charge in [0.25, 0.3) is 11.8 Å². The van der Waals surface area contributed by atoms with Gasteiger partial charge in [0.05, 0.1) is 13.2 Å². The number of methoxy groups -OCH3 is 1. The van der Waals surface area contributed by atoms with E-state index in [1.165, 1.54) is 13.2 Å². The minimum atomic E-state index is -0.787. The van der Waals surface area contributed by atoms with Crippen LogP contribution in [0.5, 0.6) is 5.75 Å². The summed E-state index contributed by atoms with van der Waals surface area (Å²) in [4.78, 5) is 40.5. The Morgan fingerprint density at radius 2 is 1.97 bits per heavy atom. The van der Waals surface area contributed by atoms with Crippen molar-refractivity contribution >= 4 is 11.8 Å². The lowest BCUT2D eigenvalue weighted by Gasteiger charge is -2.34. The van der Waals surface area contributed by atoms with Gasteiger partial charge in [0.15, 0.2) is 11.4 Å². The fourth-order valence-electron chi connectivity index (χ4n) is 4.28.